The average molecular weight is 396 g/mol. The molecule has 1 amide bonds. The fraction of sp³-hybridized carbons (Fsp3) is 0.846. The molecule has 21 heavy (non-hydrogen) atoms. The molecule has 1 aliphatic heterocycles. The molecular weight excluding hydrogens is 370 g/mol. The maximum atomic E-state index is 12.4. The second kappa shape index (κ2) is 6.93. The zero-order valence-electron chi connectivity index (χ0n) is 13.7. The van der Waals surface area contributed by atoms with Gasteiger partial charge in [0.2, 0.25) is 14.2 Å². The molecule has 1 heterocycles. The van der Waals surface area contributed by atoms with Crippen molar-refractivity contribution in [2.45, 2.75) is 57.8 Å². The van der Waals surface area contributed by atoms with Gasteiger partial charge in [-0.15, -0.1) is 0 Å². The Morgan fingerprint density at radius 3 is 2.14 bits per heavy atom. The van der Waals surface area contributed by atoms with Crippen LogP contribution in [0, 0.1) is 0 Å². The van der Waals surface area contributed by atoms with Crippen molar-refractivity contribution in [3.63, 3.8) is 0 Å². The largest absolute Gasteiger partial charge is 0.518 e. The highest BCUT2D eigenvalue weighted by Gasteiger charge is 2.42. The SMILES string of the molecule is C[Si](C)(C)OC(=O)C1CC(O[Si](C)(C)C)CN1C(=O)CBr. The fourth-order valence-corrected chi connectivity index (χ4v) is 4.56. The highest BCUT2D eigenvalue weighted by atomic mass is 79.9. The lowest BCUT2D eigenvalue weighted by Crippen LogP contribution is -2.45. The molecule has 1 aliphatic rings. The summed E-state index contributed by atoms with van der Waals surface area (Å²) in [7, 11) is -3.66. The van der Waals surface area contributed by atoms with Gasteiger partial charge in [-0.1, -0.05) is 15.9 Å². The highest BCUT2D eigenvalue weighted by Crippen LogP contribution is 2.25. The van der Waals surface area contributed by atoms with Crippen LogP contribution in [-0.4, -0.2) is 57.4 Å². The van der Waals surface area contributed by atoms with E-state index in [0.717, 1.165) is 0 Å². The number of carbonyl (C=O) groups excluding carboxylic acids is 2. The third-order valence-corrected chi connectivity index (χ3v) is 5.23. The Bertz CT molecular complexity index is 406. The summed E-state index contributed by atoms with van der Waals surface area (Å²) in [5, 5.41) is 0.212. The lowest BCUT2D eigenvalue weighted by Gasteiger charge is -2.26. The lowest BCUT2D eigenvalue weighted by atomic mass is 10.2. The van der Waals surface area contributed by atoms with E-state index in [1.807, 2.05) is 19.6 Å². The quantitative estimate of drug-likeness (QED) is 0.530. The summed E-state index contributed by atoms with van der Waals surface area (Å²) in [6.45, 7) is 12.7. The number of hydrogen-bond donors (Lipinski definition) is 0. The van der Waals surface area contributed by atoms with Gasteiger partial charge in [0.15, 0.2) is 8.32 Å². The predicted molar refractivity (Wildman–Crippen MR) is 91.6 cm³/mol. The second-order valence-corrected chi connectivity index (χ2v) is 16.8. The van der Waals surface area contributed by atoms with Crippen LogP contribution in [0.15, 0.2) is 0 Å². The van der Waals surface area contributed by atoms with Crippen LogP contribution in [0.5, 0.6) is 0 Å². The van der Waals surface area contributed by atoms with Crippen LogP contribution in [0.3, 0.4) is 0 Å². The molecule has 2 unspecified atom stereocenters. The van der Waals surface area contributed by atoms with E-state index in [1.165, 1.54) is 0 Å². The first-order chi connectivity index (χ1) is 9.43. The Morgan fingerprint density at radius 1 is 1.14 bits per heavy atom. The van der Waals surface area contributed by atoms with Crippen molar-refractivity contribution in [1.82, 2.24) is 4.90 Å². The standard InChI is InChI=1S/C13H26BrNO4Si2/c1-20(2,3)18-10-7-11(13(17)19-21(4,5)6)15(9-10)12(16)8-14/h10-11H,7-9H2,1-6H3. The summed E-state index contributed by atoms with van der Waals surface area (Å²) in [5.74, 6) is -0.376. The molecule has 0 bridgehead atoms. The zero-order chi connectivity index (χ0) is 16.4. The minimum atomic E-state index is -1.96. The molecule has 0 aliphatic carbocycles. The van der Waals surface area contributed by atoms with Gasteiger partial charge in [0.1, 0.15) is 6.04 Å². The molecule has 0 aromatic rings. The molecule has 0 spiro atoms. The van der Waals surface area contributed by atoms with Crippen molar-refractivity contribution >= 4 is 44.4 Å². The van der Waals surface area contributed by atoms with Crippen LogP contribution in [0.25, 0.3) is 0 Å². The van der Waals surface area contributed by atoms with E-state index in [9.17, 15) is 9.59 Å². The van der Waals surface area contributed by atoms with Gasteiger partial charge < -0.3 is 13.8 Å². The summed E-state index contributed by atoms with van der Waals surface area (Å²) in [4.78, 5) is 26.0. The Hall–Kier alpha value is -0.186. The summed E-state index contributed by atoms with van der Waals surface area (Å²) in [5.41, 5.74) is 0. The third kappa shape index (κ3) is 6.21. The summed E-state index contributed by atoms with van der Waals surface area (Å²) < 4.78 is 11.6. The minimum absolute atomic E-state index is 0.0705. The molecule has 0 saturated carbocycles. The number of amides is 1. The molecule has 1 rings (SSSR count). The van der Waals surface area contributed by atoms with Crippen molar-refractivity contribution in [2.75, 3.05) is 11.9 Å². The maximum Gasteiger partial charge on any atom is 0.315 e. The van der Waals surface area contributed by atoms with Crippen LogP contribution >= 0.6 is 15.9 Å². The molecule has 1 saturated heterocycles. The molecule has 8 heteroatoms. The van der Waals surface area contributed by atoms with Gasteiger partial charge in [-0.05, 0) is 39.3 Å². The van der Waals surface area contributed by atoms with E-state index < -0.39 is 22.7 Å². The van der Waals surface area contributed by atoms with Crippen molar-refractivity contribution in [3.8, 4) is 0 Å². The first-order valence-electron chi connectivity index (χ1n) is 7.19. The monoisotopic (exact) mass is 395 g/mol. The first kappa shape index (κ1) is 18.9. The number of hydrogen-bond acceptors (Lipinski definition) is 4. The Morgan fingerprint density at radius 2 is 1.71 bits per heavy atom. The molecule has 0 aromatic heterocycles. The molecule has 5 nitrogen and oxygen atoms in total. The van der Waals surface area contributed by atoms with Crippen LogP contribution in [0.4, 0.5) is 0 Å². The maximum absolute atomic E-state index is 12.4. The van der Waals surface area contributed by atoms with Crippen LogP contribution in [-0.2, 0) is 18.4 Å². The van der Waals surface area contributed by atoms with Gasteiger partial charge in [-0.2, -0.15) is 0 Å². The van der Waals surface area contributed by atoms with E-state index in [1.54, 1.807) is 4.90 Å². The van der Waals surface area contributed by atoms with Gasteiger partial charge in [0.25, 0.3) is 0 Å². The van der Waals surface area contributed by atoms with Crippen LogP contribution in [0.2, 0.25) is 39.3 Å². The lowest BCUT2D eigenvalue weighted by molar-refractivity contribution is -0.145. The van der Waals surface area contributed by atoms with Crippen molar-refractivity contribution < 1.29 is 18.4 Å². The number of carbonyl (C=O) groups is 2. The third-order valence-electron chi connectivity index (χ3n) is 2.90. The molecular formula is C13H26BrNO4Si2. The number of nitrogens with zero attached hydrogens (tertiary/aromatic N) is 1. The molecule has 1 fully saturated rings. The second-order valence-electron chi connectivity index (χ2n) is 7.32. The van der Waals surface area contributed by atoms with Gasteiger partial charge in [-0.25, -0.2) is 0 Å². The van der Waals surface area contributed by atoms with E-state index in [2.05, 4.69) is 35.6 Å². The Labute approximate surface area is 137 Å². The van der Waals surface area contributed by atoms with Gasteiger partial charge in [0.05, 0.1) is 11.4 Å². The Kier molecular flexibility index (Phi) is 6.22. The predicted octanol–water partition coefficient (Wildman–Crippen LogP) is 2.58. The van der Waals surface area contributed by atoms with Crippen molar-refractivity contribution in [3.05, 3.63) is 0 Å². The molecule has 2 atom stereocenters. The zero-order valence-corrected chi connectivity index (χ0v) is 17.3. The topological polar surface area (TPSA) is 55.8 Å². The van der Waals surface area contributed by atoms with E-state index >= 15 is 0 Å². The first-order valence-corrected chi connectivity index (χ1v) is 15.1. The van der Waals surface area contributed by atoms with E-state index in [0.29, 0.717) is 13.0 Å². The molecule has 0 N–H and O–H groups in total. The highest BCUT2D eigenvalue weighted by molar-refractivity contribution is 9.09. The molecule has 0 radical (unpaired) electrons. The minimum Gasteiger partial charge on any atom is -0.518 e. The summed E-state index contributed by atoms with van der Waals surface area (Å²) in [6, 6.07) is -0.511. The number of halogens is 1. The molecule has 0 aromatic carbocycles. The number of likely N-dealkylation sites (tertiary alicyclic amines) is 1. The number of alkyl halides is 1. The van der Waals surface area contributed by atoms with Crippen molar-refractivity contribution in [2.24, 2.45) is 0 Å². The van der Waals surface area contributed by atoms with Crippen molar-refractivity contribution in [1.29, 1.82) is 0 Å². The Balaban J connectivity index is 2.83. The van der Waals surface area contributed by atoms with Gasteiger partial charge in [0, 0.05) is 13.0 Å². The normalized spacial score (nSPS) is 23.3. The summed E-state index contributed by atoms with van der Waals surface area (Å²) in [6.07, 6.45) is 0.464. The van der Waals surface area contributed by atoms with Crippen LogP contribution in [0.1, 0.15) is 6.42 Å². The summed E-state index contributed by atoms with van der Waals surface area (Å²) >= 11 is 3.18. The average Bonchev–Trinajstić information content (AvgIpc) is 2.67. The molecule has 122 valence electrons. The van der Waals surface area contributed by atoms with E-state index in [-0.39, 0.29) is 23.3 Å². The smallest absolute Gasteiger partial charge is 0.315 e. The van der Waals surface area contributed by atoms with Gasteiger partial charge in [-0.3, -0.25) is 9.59 Å². The van der Waals surface area contributed by atoms with Gasteiger partial charge >= 0.3 is 5.97 Å². The van der Waals surface area contributed by atoms with E-state index in [4.69, 9.17) is 8.85 Å². The fourth-order valence-electron chi connectivity index (χ4n) is 2.33. The van der Waals surface area contributed by atoms with Crippen LogP contribution < -0.4 is 0 Å². The number of rotatable bonds is 5.